The Bertz CT molecular complexity index is 1280. The Balaban J connectivity index is 1.94. The lowest BCUT2D eigenvalue weighted by Gasteiger charge is -2.15. The summed E-state index contributed by atoms with van der Waals surface area (Å²) >= 11 is 0. The fourth-order valence-electron chi connectivity index (χ4n) is 3.52. The Labute approximate surface area is 190 Å². The lowest BCUT2D eigenvalue weighted by molar-refractivity contribution is 0.102. The zero-order valence-corrected chi connectivity index (χ0v) is 20.2. The maximum Gasteiger partial charge on any atom is 0.257 e. The van der Waals surface area contributed by atoms with Gasteiger partial charge in [0.25, 0.3) is 5.91 Å². The molecule has 0 fully saturated rings. The summed E-state index contributed by atoms with van der Waals surface area (Å²) in [5, 5.41) is 2.87. The van der Waals surface area contributed by atoms with E-state index in [1.54, 1.807) is 12.1 Å². The fourth-order valence-corrected chi connectivity index (χ4v) is 4.15. The summed E-state index contributed by atoms with van der Waals surface area (Å²) in [7, 11) is -3.28. The molecule has 0 atom stereocenters. The van der Waals surface area contributed by atoms with Crippen molar-refractivity contribution in [3.63, 3.8) is 0 Å². The van der Waals surface area contributed by atoms with Gasteiger partial charge in [0, 0.05) is 23.3 Å². The average molecular weight is 451 g/mol. The molecule has 0 radical (unpaired) electrons. The molecule has 32 heavy (non-hydrogen) atoms. The van der Waals surface area contributed by atoms with Crippen LogP contribution in [0.2, 0.25) is 0 Å². The lowest BCUT2D eigenvalue weighted by atomic mass is 9.95. The molecule has 1 amide bonds. The van der Waals surface area contributed by atoms with E-state index in [-0.39, 0.29) is 16.2 Å². The number of carbonyl (C=O) groups is 1. The van der Waals surface area contributed by atoms with E-state index in [0.717, 1.165) is 28.9 Å². The van der Waals surface area contributed by atoms with E-state index >= 15 is 0 Å². The van der Waals surface area contributed by atoms with Gasteiger partial charge in [-0.05, 0) is 61.2 Å². The second-order valence-electron chi connectivity index (χ2n) is 9.13. The number of sulfone groups is 1. The first kappa shape index (κ1) is 23.5. The number of rotatable bonds is 5. The SMILES string of the molecule is Cc1cc(C(=O)Nc2ccc(S(C)(=O)=O)cc2)c(C)n1-c1ccccc1C=CC(C)(C)C. The Morgan fingerprint density at radius 2 is 1.62 bits per heavy atom. The van der Waals surface area contributed by atoms with Gasteiger partial charge in [-0.1, -0.05) is 51.1 Å². The third-order valence-electron chi connectivity index (χ3n) is 5.16. The van der Waals surface area contributed by atoms with Gasteiger partial charge in [0.15, 0.2) is 9.84 Å². The number of carbonyl (C=O) groups excluding carboxylic acids is 1. The van der Waals surface area contributed by atoms with Crippen molar-refractivity contribution in [2.45, 2.75) is 39.5 Å². The molecular formula is C26H30N2O3S. The minimum atomic E-state index is -3.28. The molecule has 0 unspecified atom stereocenters. The molecule has 1 aromatic heterocycles. The number of anilines is 1. The zero-order valence-electron chi connectivity index (χ0n) is 19.4. The number of benzene rings is 2. The van der Waals surface area contributed by atoms with E-state index in [0.29, 0.717) is 11.3 Å². The molecule has 0 saturated carbocycles. The molecule has 3 rings (SSSR count). The second kappa shape index (κ2) is 8.79. The van der Waals surface area contributed by atoms with Crippen molar-refractivity contribution < 1.29 is 13.2 Å². The van der Waals surface area contributed by atoms with Gasteiger partial charge in [0.2, 0.25) is 0 Å². The van der Waals surface area contributed by atoms with E-state index in [1.165, 1.54) is 12.1 Å². The monoisotopic (exact) mass is 450 g/mol. The highest BCUT2D eigenvalue weighted by atomic mass is 32.2. The predicted molar refractivity (Wildman–Crippen MR) is 131 cm³/mol. The standard InChI is InChI=1S/C26H30N2O3S/c1-18-17-23(25(29)27-21-11-13-22(14-12-21)32(6,30)31)19(2)28(18)24-10-8-7-9-20(24)15-16-26(3,4)5/h7-17H,1-6H3,(H,27,29). The third kappa shape index (κ3) is 5.37. The number of hydrogen-bond acceptors (Lipinski definition) is 3. The average Bonchev–Trinajstić information content (AvgIpc) is 3.00. The van der Waals surface area contributed by atoms with Crippen molar-refractivity contribution in [2.24, 2.45) is 5.41 Å². The fraction of sp³-hybridized carbons (Fsp3) is 0.269. The van der Waals surface area contributed by atoms with E-state index in [2.05, 4.69) is 48.9 Å². The number of para-hydroxylation sites is 1. The van der Waals surface area contributed by atoms with E-state index in [9.17, 15) is 13.2 Å². The molecular weight excluding hydrogens is 420 g/mol. The number of aromatic nitrogens is 1. The topological polar surface area (TPSA) is 68.2 Å². The first-order chi connectivity index (χ1) is 14.9. The van der Waals surface area contributed by atoms with Gasteiger partial charge in [-0.15, -0.1) is 0 Å². The maximum atomic E-state index is 13.0. The molecule has 3 aromatic rings. The van der Waals surface area contributed by atoms with Crippen molar-refractivity contribution in [2.75, 3.05) is 11.6 Å². The van der Waals surface area contributed by atoms with Gasteiger partial charge < -0.3 is 9.88 Å². The summed E-state index contributed by atoms with van der Waals surface area (Å²) in [6.07, 6.45) is 5.45. The maximum absolute atomic E-state index is 13.0. The Kier molecular flexibility index (Phi) is 6.46. The van der Waals surface area contributed by atoms with Crippen LogP contribution in [0.15, 0.2) is 65.6 Å². The van der Waals surface area contributed by atoms with Crippen molar-refractivity contribution in [3.8, 4) is 5.69 Å². The summed E-state index contributed by atoms with van der Waals surface area (Å²) in [6, 6.07) is 16.2. The molecule has 1 N–H and O–H groups in total. The summed E-state index contributed by atoms with van der Waals surface area (Å²) < 4.78 is 25.4. The van der Waals surface area contributed by atoms with Crippen LogP contribution in [0, 0.1) is 19.3 Å². The van der Waals surface area contributed by atoms with Crippen molar-refractivity contribution in [1.29, 1.82) is 0 Å². The van der Waals surface area contributed by atoms with E-state index < -0.39 is 9.84 Å². The zero-order chi connectivity index (χ0) is 23.7. The highest BCUT2D eigenvalue weighted by Crippen LogP contribution is 2.27. The van der Waals surface area contributed by atoms with Crippen LogP contribution in [-0.2, 0) is 9.84 Å². The smallest absolute Gasteiger partial charge is 0.257 e. The molecule has 5 nitrogen and oxygen atoms in total. The number of nitrogens with one attached hydrogen (secondary N) is 1. The third-order valence-corrected chi connectivity index (χ3v) is 6.29. The Morgan fingerprint density at radius 1 is 1.00 bits per heavy atom. The quantitative estimate of drug-likeness (QED) is 0.533. The van der Waals surface area contributed by atoms with Crippen molar-refractivity contribution in [1.82, 2.24) is 4.57 Å². The number of nitrogens with zero attached hydrogens (tertiary/aromatic N) is 1. The van der Waals surface area contributed by atoms with Gasteiger partial charge >= 0.3 is 0 Å². The Morgan fingerprint density at radius 3 is 2.22 bits per heavy atom. The molecule has 0 aliphatic carbocycles. The Hall–Kier alpha value is -3.12. The molecule has 1 heterocycles. The molecule has 0 aliphatic heterocycles. The molecule has 6 heteroatoms. The molecule has 168 valence electrons. The number of amides is 1. The predicted octanol–water partition coefficient (Wildman–Crippen LogP) is 5.81. The van der Waals surface area contributed by atoms with Gasteiger partial charge in [-0.25, -0.2) is 8.42 Å². The summed E-state index contributed by atoms with van der Waals surface area (Å²) in [6.45, 7) is 10.4. The summed E-state index contributed by atoms with van der Waals surface area (Å²) in [5.74, 6) is -0.237. The van der Waals surface area contributed by atoms with E-state index in [4.69, 9.17) is 0 Å². The van der Waals surface area contributed by atoms with Crippen LogP contribution in [-0.4, -0.2) is 25.1 Å². The normalized spacial score (nSPS) is 12.3. The van der Waals surface area contributed by atoms with Gasteiger partial charge in [-0.2, -0.15) is 0 Å². The largest absolute Gasteiger partial charge is 0.322 e. The highest BCUT2D eigenvalue weighted by Gasteiger charge is 2.18. The van der Waals surface area contributed by atoms with Gasteiger partial charge in [0.05, 0.1) is 16.1 Å². The van der Waals surface area contributed by atoms with Crippen LogP contribution in [0.1, 0.15) is 48.1 Å². The minimum absolute atomic E-state index is 0.0611. The number of allylic oxidation sites excluding steroid dienone is 1. The summed E-state index contributed by atoms with van der Waals surface area (Å²) in [4.78, 5) is 13.2. The minimum Gasteiger partial charge on any atom is -0.322 e. The van der Waals surface area contributed by atoms with Crippen LogP contribution < -0.4 is 5.32 Å². The molecule has 0 aliphatic rings. The van der Waals surface area contributed by atoms with Crippen LogP contribution in [0.3, 0.4) is 0 Å². The molecule has 2 aromatic carbocycles. The highest BCUT2D eigenvalue weighted by molar-refractivity contribution is 7.90. The van der Waals surface area contributed by atoms with Crippen LogP contribution in [0.25, 0.3) is 11.8 Å². The first-order valence-corrected chi connectivity index (χ1v) is 12.3. The van der Waals surface area contributed by atoms with Crippen molar-refractivity contribution in [3.05, 3.63) is 83.2 Å². The van der Waals surface area contributed by atoms with Gasteiger partial charge in [0.1, 0.15) is 0 Å². The summed E-state index contributed by atoms with van der Waals surface area (Å²) in [5.41, 5.74) is 5.06. The number of hydrogen-bond donors (Lipinski definition) is 1. The first-order valence-electron chi connectivity index (χ1n) is 10.5. The van der Waals surface area contributed by atoms with Crippen LogP contribution >= 0.6 is 0 Å². The lowest BCUT2D eigenvalue weighted by Crippen LogP contribution is -2.13. The van der Waals surface area contributed by atoms with Crippen LogP contribution in [0.5, 0.6) is 0 Å². The van der Waals surface area contributed by atoms with Gasteiger partial charge in [-0.3, -0.25) is 4.79 Å². The van der Waals surface area contributed by atoms with Crippen molar-refractivity contribution >= 4 is 27.5 Å². The molecule has 0 saturated heterocycles. The van der Waals surface area contributed by atoms with Crippen LogP contribution in [0.4, 0.5) is 5.69 Å². The number of aryl methyl sites for hydroxylation is 1. The molecule has 0 bridgehead atoms. The molecule has 0 spiro atoms. The van der Waals surface area contributed by atoms with E-state index in [1.807, 2.05) is 38.1 Å². The second-order valence-corrected chi connectivity index (χ2v) is 11.1.